The van der Waals surface area contributed by atoms with Gasteiger partial charge in [0.05, 0.1) is 4.92 Å². The summed E-state index contributed by atoms with van der Waals surface area (Å²) in [5, 5.41) is 11.2. The molecule has 0 saturated carbocycles. The van der Waals surface area contributed by atoms with Gasteiger partial charge in [-0.15, -0.1) is 0 Å². The first-order chi connectivity index (χ1) is 9.77. The number of benzene rings is 1. The van der Waals surface area contributed by atoms with Crippen LogP contribution < -0.4 is 5.73 Å². The van der Waals surface area contributed by atoms with Gasteiger partial charge in [0.25, 0.3) is 0 Å². The highest BCUT2D eigenvalue weighted by Gasteiger charge is 2.18. The molecule has 21 heavy (non-hydrogen) atoms. The Morgan fingerprint density at radius 2 is 1.86 bits per heavy atom. The zero-order valence-electron chi connectivity index (χ0n) is 12.0. The summed E-state index contributed by atoms with van der Waals surface area (Å²) in [5.74, 6) is 0.0226. The van der Waals surface area contributed by atoms with E-state index in [4.69, 9.17) is 5.73 Å². The first-order valence-corrected chi connectivity index (χ1v) is 7.14. The van der Waals surface area contributed by atoms with Gasteiger partial charge in [-0.25, -0.2) is 4.98 Å². The molecule has 2 rings (SSSR count). The van der Waals surface area contributed by atoms with E-state index in [1.807, 2.05) is 24.3 Å². The van der Waals surface area contributed by atoms with Crippen molar-refractivity contribution >= 4 is 23.4 Å². The van der Waals surface area contributed by atoms with E-state index in [-0.39, 0.29) is 22.1 Å². The van der Waals surface area contributed by atoms with Crippen molar-refractivity contribution in [2.24, 2.45) is 0 Å². The normalized spacial score (nSPS) is 11.4. The van der Waals surface area contributed by atoms with E-state index in [1.165, 1.54) is 17.3 Å². The Kier molecular flexibility index (Phi) is 4.13. The standard InChI is InChI=1S/C14H16N4O2S/c1-14(2,3)9-4-6-10(7-5-9)21-12-11(18(19)20)8-16-13(15)17-12/h4-8H,1-3H3,(H2,15,16,17). The van der Waals surface area contributed by atoms with Crippen molar-refractivity contribution in [2.75, 3.05) is 5.73 Å². The molecule has 0 radical (unpaired) electrons. The second-order valence-electron chi connectivity index (χ2n) is 5.55. The van der Waals surface area contributed by atoms with Gasteiger partial charge in [-0.3, -0.25) is 10.1 Å². The molecule has 2 aromatic rings. The largest absolute Gasteiger partial charge is 0.368 e. The maximum atomic E-state index is 11.0. The zero-order valence-corrected chi connectivity index (χ0v) is 12.8. The molecule has 1 aromatic heterocycles. The fourth-order valence-corrected chi connectivity index (χ4v) is 2.57. The molecular formula is C14H16N4O2S. The predicted octanol–water partition coefficient (Wildman–Crippen LogP) is 3.42. The number of nitro groups is 1. The van der Waals surface area contributed by atoms with E-state index in [0.717, 1.165) is 11.1 Å². The van der Waals surface area contributed by atoms with E-state index < -0.39 is 4.92 Å². The Morgan fingerprint density at radius 3 is 2.38 bits per heavy atom. The minimum absolute atomic E-state index is 0.0226. The van der Waals surface area contributed by atoms with Crippen LogP contribution in [0.15, 0.2) is 40.4 Å². The third-order valence-electron chi connectivity index (χ3n) is 2.89. The lowest BCUT2D eigenvalue weighted by atomic mass is 9.87. The lowest BCUT2D eigenvalue weighted by molar-refractivity contribution is -0.388. The Labute approximate surface area is 127 Å². The molecule has 0 spiro atoms. The van der Waals surface area contributed by atoms with Crippen LogP contribution in [-0.4, -0.2) is 14.9 Å². The summed E-state index contributed by atoms with van der Waals surface area (Å²) in [7, 11) is 0. The lowest BCUT2D eigenvalue weighted by Gasteiger charge is -2.18. The number of nitrogen functional groups attached to an aromatic ring is 1. The molecule has 0 saturated heterocycles. The molecule has 6 nitrogen and oxygen atoms in total. The molecule has 0 aliphatic rings. The number of aromatic nitrogens is 2. The summed E-state index contributed by atoms with van der Waals surface area (Å²) in [5.41, 5.74) is 6.62. The topological polar surface area (TPSA) is 94.9 Å². The van der Waals surface area contributed by atoms with Gasteiger partial charge < -0.3 is 5.73 Å². The summed E-state index contributed by atoms with van der Waals surface area (Å²) in [6, 6.07) is 7.87. The number of rotatable bonds is 3. The summed E-state index contributed by atoms with van der Waals surface area (Å²) < 4.78 is 0. The van der Waals surface area contributed by atoms with Gasteiger partial charge in [-0.05, 0) is 23.1 Å². The maximum absolute atomic E-state index is 11.0. The van der Waals surface area contributed by atoms with E-state index in [9.17, 15) is 10.1 Å². The Morgan fingerprint density at radius 1 is 1.24 bits per heavy atom. The highest BCUT2D eigenvalue weighted by molar-refractivity contribution is 7.99. The van der Waals surface area contributed by atoms with Gasteiger partial charge in [-0.1, -0.05) is 44.7 Å². The van der Waals surface area contributed by atoms with Crippen LogP contribution in [0.1, 0.15) is 26.3 Å². The predicted molar refractivity (Wildman–Crippen MR) is 82.4 cm³/mol. The maximum Gasteiger partial charge on any atom is 0.320 e. The highest BCUT2D eigenvalue weighted by Crippen LogP contribution is 2.34. The fraction of sp³-hybridized carbons (Fsp3) is 0.286. The van der Waals surface area contributed by atoms with Crippen LogP contribution in [-0.2, 0) is 5.41 Å². The summed E-state index contributed by atoms with van der Waals surface area (Å²) in [6.45, 7) is 6.39. The van der Waals surface area contributed by atoms with Gasteiger partial charge in [0.15, 0.2) is 5.03 Å². The van der Waals surface area contributed by atoms with Crippen molar-refractivity contribution in [1.82, 2.24) is 9.97 Å². The van der Waals surface area contributed by atoms with Crippen molar-refractivity contribution < 1.29 is 4.92 Å². The molecule has 7 heteroatoms. The molecule has 0 unspecified atom stereocenters. The Bertz CT molecular complexity index is 666. The molecule has 0 atom stereocenters. The average molecular weight is 304 g/mol. The number of hydrogen-bond acceptors (Lipinski definition) is 6. The molecule has 0 fully saturated rings. The molecular weight excluding hydrogens is 288 g/mol. The number of nitrogens with two attached hydrogens (primary N) is 1. The molecule has 110 valence electrons. The Balaban J connectivity index is 2.30. The van der Waals surface area contributed by atoms with Crippen molar-refractivity contribution in [3.05, 3.63) is 46.1 Å². The molecule has 0 aliphatic heterocycles. The SMILES string of the molecule is CC(C)(C)c1ccc(Sc2nc(N)ncc2[N+](=O)[O-])cc1. The third kappa shape index (κ3) is 3.69. The van der Waals surface area contributed by atoms with Gasteiger partial charge >= 0.3 is 5.69 Å². The van der Waals surface area contributed by atoms with E-state index >= 15 is 0 Å². The number of anilines is 1. The van der Waals surface area contributed by atoms with Gasteiger partial charge in [0, 0.05) is 4.90 Å². The van der Waals surface area contributed by atoms with Gasteiger partial charge in [-0.2, -0.15) is 4.98 Å². The van der Waals surface area contributed by atoms with Crippen LogP contribution in [0.3, 0.4) is 0 Å². The number of hydrogen-bond donors (Lipinski definition) is 1. The summed E-state index contributed by atoms with van der Waals surface area (Å²) >= 11 is 1.20. The zero-order chi connectivity index (χ0) is 15.6. The van der Waals surface area contributed by atoms with Crippen LogP contribution in [0.4, 0.5) is 11.6 Å². The fourth-order valence-electron chi connectivity index (χ4n) is 1.71. The molecule has 0 aliphatic carbocycles. The lowest BCUT2D eigenvalue weighted by Crippen LogP contribution is -2.10. The minimum atomic E-state index is -0.509. The molecule has 2 N–H and O–H groups in total. The van der Waals surface area contributed by atoms with Crippen molar-refractivity contribution in [3.8, 4) is 0 Å². The van der Waals surface area contributed by atoms with E-state index in [1.54, 1.807) is 0 Å². The van der Waals surface area contributed by atoms with E-state index in [2.05, 4.69) is 30.7 Å². The quantitative estimate of drug-likeness (QED) is 0.530. The molecule has 0 bridgehead atoms. The second kappa shape index (κ2) is 5.69. The number of nitrogens with zero attached hydrogens (tertiary/aromatic N) is 3. The smallest absolute Gasteiger partial charge is 0.320 e. The molecule has 0 amide bonds. The van der Waals surface area contributed by atoms with Crippen molar-refractivity contribution in [2.45, 2.75) is 36.1 Å². The Hall–Kier alpha value is -2.15. The van der Waals surface area contributed by atoms with Crippen LogP contribution >= 0.6 is 11.8 Å². The first kappa shape index (κ1) is 15.2. The van der Waals surface area contributed by atoms with Crippen LogP contribution in [0, 0.1) is 10.1 Å². The average Bonchev–Trinajstić information content (AvgIpc) is 2.38. The van der Waals surface area contributed by atoms with Crippen molar-refractivity contribution in [3.63, 3.8) is 0 Å². The molecule has 1 aromatic carbocycles. The summed E-state index contributed by atoms with van der Waals surface area (Å²) in [6.07, 6.45) is 1.13. The molecule has 1 heterocycles. The van der Waals surface area contributed by atoms with Gasteiger partial charge in [0.2, 0.25) is 5.95 Å². The van der Waals surface area contributed by atoms with Gasteiger partial charge in [0.1, 0.15) is 6.20 Å². The van der Waals surface area contributed by atoms with Crippen LogP contribution in [0.5, 0.6) is 0 Å². The van der Waals surface area contributed by atoms with Crippen molar-refractivity contribution in [1.29, 1.82) is 0 Å². The van der Waals surface area contributed by atoms with E-state index in [0.29, 0.717) is 0 Å². The first-order valence-electron chi connectivity index (χ1n) is 6.32. The minimum Gasteiger partial charge on any atom is -0.368 e. The third-order valence-corrected chi connectivity index (χ3v) is 3.89. The monoisotopic (exact) mass is 304 g/mol. The second-order valence-corrected chi connectivity index (χ2v) is 6.61. The summed E-state index contributed by atoms with van der Waals surface area (Å²) in [4.78, 5) is 18.9. The van der Waals surface area contributed by atoms with Crippen LogP contribution in [0.2, 0.25) is 0 Å². The highest BCUT2D eigenvalue weighted by atomic mass is 32.2. The van der Waals surface area contributed by atoms with Crippen LogP contribution in [0.25, 0.3) is 0 Å².